The van der Waals surface area contributed by atoms with Crippen molar-refractivity contribution in [3.05, 3.63) is 46.5 Å². The van der Waals surface area contributed by atoms with E-state index in [1.165, 1.54) is 0 Å². The maximum absolute atomic E-state index is 12.6. The van der Waals surface area contributed by atoms with Crippen LogP contribution in [0.5, 0.6) is 0 Å². The fraction of sp³-hybridized carbons (Fsp3) is 0.391. The van der Waals surface area contributed by atoms with Gasteiger partial charge in [0.05, 0.1) is 6.42 Å². The van der Waals surface area contributed by atoms with Crippen LogP contribution in [0.3, 0.4) is 0 Å². The van der Waals surface area contributed by atoms with E-state index in [0.717, 1.165) is 19.3 Å². The first-order valence-corrected chi connectivity index (χ1v) is 9.07. The third kappa shape index (κ3) is 5.19. The van der Waals surface area contributed by atoms with E-state index in [4.69, 9.17) is 5.11 Å². The summed E-state index contributed by atoms with van der Waals surface area (Å²) in [5, 5.41) is 8.64. The molecule has 0 unspecified atom stereocenters. The number of carbonyl (C=O) groups is 2. The summed E-state index contributed by atoms with van der Waals surface area (Å²) in [5.41, 5.74) is 2.27. The first-order valence-electron chi connectivity index (χ1n) is 9.07. The number of rotatable bonds is 6. The standard InChI is InChI=1S/C23H24O3/c1-18-19(23(26)21-16-12-11-15-20(21)22(18)25)14-10-8-6-4-2-3-5-7-9-13-17-24/h11-12,15-16,24H,3,6,8-10,13-14,17H2,1H3. The van der Waals surface area contributed by atoms with Crippen LogP contribution in [0, 0.1) is 23.7 Å². The normalized spacial score (nSPS) is 12.8. The number of hydrogen-bond donors (Lipinski definition) is 1. The molecule has 3 nitrogen and oxygen atoms in total. The number of benzene rings is 1. The summed E-state index contributed by atoms with van der Waals surface area (Å²) in [4.78, 5) is 25.0. The number of unbranched alkanes of at least 4 members (excludes halogenated alkanes) is 3. The molecule has 0 atom stereocenters. The van der Waals surface area contributed by atoms with Crippen molar-refractivity contribution >= 4 is 11.6 Å². The molecule has 0 saturated carbocycles. The number of carbonyl (C=O) groups excluding carboxylic acids is 2. The Kier molecular flexibility index (Phi) is 7.87. The van der Waals surface area contributed by atoms with E-state index in [1.54, 1.807) is 31.2 Å². The van der Waals surface area contributed by atoms with Crippen molar-refractivity contribution in [3.8, 4) is 23.7 Å². The lowest BCUT2D eigenvalue weighted by Crippen LogP contribution is -2.20. The molecule has 1 aromatic rings. The number of aliphatic hydroxyl groups excluding tert-OH is 1. The van der Waals surface area contributed by atoms with Crippen molar-refractivity contribution in [3.63, 3.8) is 0 Å². The van der Waals surface area contributed by atoms with Gasteiger partial charge in [0.15, 0.2) is 11.6 Å². The molecule has 1 aliphatic carbocycles. The van der Waals surface area contributed by atoms with Crippen LogP contribution in [0.15, 0.2) is 35.4 Å². The SMILES string of the molecule is CC1=C(CCCCC#CCC#CCCCO)C(=O)c2ccccc2C1=O. The Balaban J connectivity index is 1.80. The maximum atomic E-state index is 12.6. The predicted octanol–water partition coefficient (Wildman–Crippen LogP) is 4.11. The fourth-order valence-electron chi connectivity index (χ4n) is 2.88. The van der Waals surface area contributed by atoms with Gasteiger partial charge in [-0.1, -0.05) is 36.1 Å². The van der Waals surface area contributed by atoms with Crippen LogP contribution in [0.1, 0.15) is 72.6 Å². The second kappa shape index (κ2) is 10.4. The van der Waals surface area contributed by atoms with Gasteiger partial charge in [-0.25, -0.2) is 0 Å². The smallest absolute Gasteiger partial charge is 0.190 e. The summed E-state index contributed by atoms with van der Waals surface area (Å²) < 4.78 is 0. The molecule has 0 radical (unpaired) electrons. The second-order valence-electron chi connectivity index (χ2n) is 6.23. The number of hydrogen-bond acceptors (Lipinski definition) is 3. The van der Waals surface area contributed by atoms with Gasteiger partial charge in [-0.2, -0.15) is 0 Å². The van der Waals surface area contributed by atoms with Gasteiger partial charge in [0.2, 0.25) is 0 Å². The first-order chi connectivity index (χ1) is 12.7. The molecule has 0 aromatic heterocycles. The molecular formula is C23H24O3. The van der Waals surface area contributed by atoms with E-state index in [1.807, 2.05) is 0 Å². The molecule has 1 aromatic carbocycles. The van der Waals surface area contributed by atoms with Gasteiger partial charge in [-0.05, 0) is 32.6 Å². The first kappa shape index (κ1) is 19.7. The second-order valence-corrected chi connectivity index (χ2v) is 6.23. The zero-order valence-corrected chi connectivity index (χ0v) is 15.2. The summed E-state index contributed by atoms with van der Waals surface area (Å²) in [6.07, 6.45) is 5.09. The molecule has 0 aliphatic heterocycles. The van der Waals surface area contributed by atoms with Crippen molar-refractivity contribution in [2.24, 2.45) is 0 Å². The zero-order chi connectivity index (χ0) is 18.8. The van der Waals surface area contributed by atoms with Gasteiger partial charge in [-0.3, -0.25) is 9.59 Å². The maximum Gasteiger partial charge on any atom is 0.190 e. The lowest BCUT2D eigenvalue weighted by Gasteiger charge is -2.18. The molecular weight excluding hydrogens is 324 g/mol. The predicted molar refractivity (Wildman–Crippen MR) is 103 cm³/mol. The molecule has 1 aliphatic rings. The van der Waals surface area contributed by atoms with Crippen molar-refractivity contribution in [2.75, 3.05) is 6.61 Å². The van der Waals surface area contributed by atoms with Gasteiger partial charge in [0.1, 0.15) is 0 Å². The average Bonchev–Trinajstić information content (AvgIpc) is 2.66. The third-order valence-corrected chi connectivity index (χ3v) is 4.35. The summed E-state index contributed by atoms with van der Waals surface area (Å²) in [6, 6.07) is 7.04. The summed E-state index contributed by atoms with van der Waals surface area (Å²) in [5.74, 6) is 12.0. The van der Waals surface area contributed by atoms with Crippen LogP contribution in [-0.4, -0.2) is 23.3 Å². The highest BCUT2D eigenvalue weighted by Gasteiger charge is 2.28. The topological polar surface area (TPSA) is 54.4 Å². The molecule has 0 fully saturated rings. The molecule has 2 rings (SSSR count). The van der Waals surface area contributed by atoms with Crippen molar-refractivity contribution in [1.29, 1.82) is 0 Å². The summed E-state index contributed by atoms with van der Waals surface area (Å²) in [6.45, 7) is 1.93. The van der Waals surface area contributed by atoms with Gasteiger partial charge in [-0.15, -0.1) is 11.8 Å². The van der Waals surface area contributed by atoms with Gasteiger partial charge in [0.25, 0.3) is 0 Å². The number of Topliss-reactive ketones (excluding diaryl/α,β-unsaturated/α-hetero) is 2. The molecule has 0 spiro atoms. The molecule has 1 N–H and O–H groups in total. The molecule has 0 amide bonds. The largest absolute Gasteiger partial charge is 0.396 e. The molecule has 0 heterocycles. The summed E-state index contributed by atoms with van der Waals surface area (Å²) >= 11 is 0. The van der Waals surface area contributed by atoms with Crippen molar-refractivity contribution in [1.82, 2.24) is 0 Å². The van der Waals surface area contributed by atoms with Crippen LogP contribution >= 0.6 is 0 Å². The highest BCUT2D eigenvalue weighted by molar-refractivity contribution is 6.26. The van der Waals surface area contributed by atoms with Crippen molar-refractivity contribution in [2.45, 2.75) is 51.9 Å². The van der Waals surface area contributed by atoms with Crippen LogP contribution in [0.2, 0.25) is 0 Å². The van der Waals surface area contributed by atoms with Crippen LogP contribution in [0.4, 0.5) is 0 Å². The molecule has 0 saturated heterocycles. The van der Waals surface area contributed by atoms with Gasteiger partial charge in [0, 0.05) is 41.7 Å². The lowest BCUT2D eigenvalue weighted by atomic mass is 9.83. The number of ketones is 2. The van der Waals surface area contributed by atoms with Gasteiger partial charge >= 0.3 is 0 Å². The Morgan fingerprint density at radius 2 is 1.46 bits per heavy atom. The van der Waals surface area contributed by atoms with Crippen LogP contribution in [-0.2, 0) is 0 Å². The highest BCUT2D eigenvalue weighted by atomic mass is 16.2. The van der Waals surface area contributed by atoms with E-state index in [2.05, 4.69) is 23.7 Å². The minimum Gasteiger partial charge on any atom is -0.396 e. The third-order valence-electron chi connectivity index (χ3n) is 4.35. The van der Waals surface area contributed by atoms with E-state index in [9.17, 15) is 9.59 Å². The Morgan fingerprint density at radius 3 is 2.12 bits per heavy atom. The van der Waals surface area contributed by atoms with Crippen LogP contribution in [0.25, 0.3) is 0 Å². The highest BCUT2D eigenvalue weighted by Crippen LogP contribution is 2.28. The Labute approximate surface area is 155 Å². The van der Waals surface area contributed by atoms with Crippen LogP contribution < -0.4 is 0 Å². The van der Waals surface area contributed by atoms with Crippen molar-refractivity contribution < 1.29 is 14.7 Å². The Morgan fingerprint density at radius 1 is 0.846 bits per heavy atom. The lowest BCUT2D eigenvalue weighted by molar-refractivity contribution is 0.0971. The Bertz CT molecular complexity index is 822. The monoisotopic (exact) mass is 348 g/mol. The average molecular weight is 348 g/mol. The number of aliphatic hydroxyl groups is 1. The minimum absolute atomic E-state index is 0.0121. The minimum atomic E-state index is -0.0326. The number of fused-ring (bicyclic) bond motifs is 1. The molecule has 0 bridgehead atoms. The van der Waals surface area contributed by atoms with E-state index >= 15 is 0 Å². The number of allylic oxidation sites excluding steroid dienone is 2. The van der Waals surface area contributed by atoms with Gasteiger partial charge < -0.3 is 5.11 Å². The van der Waals surface area contributed by atoms with E-state index in [0.29, 0.717) is 48.0 Å². The summed E-state index contributed by atoms with van der Waals surface area (Å²) in [7, 11) is 0. The quantitative estimate of drug-likeness (QED) is 0.622. The molecule has 3 heteroatoms. The molecule has 26 heavy (non-hydrogen) atoms. The zero-order valence-electron chi connectivity index (χ0n) is 15.2. The Hall–Kier alpha value is -2.62. The fourth-order valence-corrected chi connectivity index (χ4v) is 2.88. The van der Waals surface area contributed by atoms with E-state index in [-0.39, 0.29) is 18.2 Å². The van der Waals surface area contributed by atoms with E-state index < -0.39 is 0 Å². The molecule has 134 valence electrons.